The summed E-state index contributed by atoms with van der Waals surface area (Å²) in [5.41, 5.74) is 2.54. The van der Waals surface area contributed by atoms with E-state index in [0.717, 1.165) is 25.9 Å². The van der Waals surface area contributed by atoms with E-state index in [1.807, 2.05) is 11.0 Å². The van der Waals surface area contributed by atoms with E-state index in [0.29, 0.717) is 36.2 Å². The fraction of sp³-hybridized carbons (Fsp3) is 0.318. The molecule has 1 saturated heterocycles. The molecular formula is C22H22N4O3. The highest BCUT2D eigenvalue weighted by atomic mass is 16.5. The number of nitrogens with zero attached hydrogens (tertiary/aromatic N) is 3. The van der Waals surface area contributed by atoms with Gasteiger partial charge in [-0.1, -0.05) is 23.4 Å². The highest BCUT2D eigenvalue weighted by Crippen LogP contribution is 2.33. The predicted molar refractivity (Wildman–Crippen MR) is 107 cm³/mol. The van der Waals surface area contributed by atoms with Gasteiger partial charge in [-0.25, -0.2) is 0 Å². The molecule has 1 N–H and O–H groups in total. The van der Waals surface area contributed by atoms with Gasteiger partial charge in [-0.3, -0.25) is 4.79 Å². The Morgan fingerprint density at radius 2 is 2.03 bits per heavy atom. The van der Waals surface area contributed by atoms with Gasteiger partial charge in [0.25, 0.3) is 0 Å². The molecule has 7 heteroatoms. The van der Waals surface area contributed by atoms with Gasteiger partial charge < -0.3 is 18.8 Å². The zero-order valence-electron chi connectivity index (χ0n) is 16.0. The molecule has 0 aliphatic carbocycles. The van der Waals surface area contributed by atoms with Crippen LogP contribution in [-0.4, -0.2) is 39.0 Å². The molecule has 3 aromatic heterocycles. The minimum Gasteiger partial charge on any atom is -0.461 e. The summed E-state index contributed by atoms with van der Waals surface area (Å²) in [6, 6.07) is 11.9. The Morgan fingerprint density at radius 3 is 2.86 bits per heavy atom. The molecule has 7 nitrogen and oxygen atoms in total. The molecule has 0 atom stereocenters. The average Bonchev–Trinajstić information content (AvgIpc) is 3.52. The average molecular weight is 390 g/mol. The summed E-state index contributed by atoms with van der Waals surface area (Å²) in [6.45, 7) is 1.56. The highest BCUT2D eigenvalue weighted by molar-refractivity contribution is 5.83. The van der Waals surface area contributed by atoms with E-state index in [9.17, 15) is 4.79 Å². The van der Waals surface area contributed by atoms with E-state index in [-0.39, 0.29) is 5.91 Å². The third kappa shape index (κ3) is 3.55. The number of nitrogens with one attached hydrogen (secondary N) is 1. The first-order chi connectivity index (χ1) is 14.3. The Kier molecular flexibility index (Phi) is 4.63. The van der Waals surface area contributed by atoms with Crippen LogP contribution in [-0.2, 0) is 11.2 Å². The molecule has 0 saturated carbocycles. The Labute approximate surface area is 167 Å². The second-order valence-corrected chi connectivity index (χ2v) is 7.43. The molecule has 0 bridgehead atoms. The summed E-state index contributed by atoms with van der Waals surface area (Å²) in [5.74, 6) is 2.06. The lowest BCUT2D eigenvalue weighted by Gasteiger charge is -2.32. The first-order valence-electron chi connectivity index (χ1n) is 9.98. The van der Waals surface area contributed by atoms with E-state index in [1.165, 1.54) is 16.5 Å². The Bertz CT molecular complexity index is 1100. The molecular weight excluding hydrogens is 368 g/mol. The number of fused-ring (bicyclic) bond motifs is 1. The number of hydrogen-bond acceptors (Lipinski definition) is 5. The standard InChI is InChI=1S/C22H22N4O3/c27-21(8-7-20-24-22(25-29-20)19-6-3-13-28-19)26-11-9-15(10-12-26)17-14-23-18-5-2-1-4-16(17)18/h1-6,13-15,23H,7-12H2. The Morgan fingerprint density at radius 1 is 1.17 bits per heavy atom. The van der Waals surface area contributed by atoms with Crippen molar-refractivity contribution < 1.29 is 13.7 Å². The van der Waals surface area contributed by atoms with Gasteiger partial charge in [-0.15, -0.1) is 0 Å². The van der Waals surface area contributed by atoms with E-state index in [2.05, 4.69) is 39.5 Å². The molecule has 4 heterocycles. The van der Waals surface area contributed by atoms with Gasteiger partial charge in [0, 0.05) is 43.0 Å². The number of aromatic nitrogens is 3. The SMILES string of the molecule is O=C(CCc1nc(-c2ccco2)no1)N1CCC(c2c[nH]c3ccccc23)CC1. The number of likely N-dealkylation sites (tertiary alicyclic amines) is 1. The lowest BCUT2D eigenvalue weighted by atomic mass is 9.89. The van der Waals surface area contributed by atoms with Crippen LogP contribution < -0.4 is 0 Å². The van der Waals surface area contributed by atoms with Crippen molar-refractivity contribution in [3.63, 3.8) is 0 Å². The molecule has 0 spiro atoms. The molecule has 1 aromatic carbocycles. The van der Waals surface area contributed by atoms with Crippen molar-refractivity contribution >= 4 is 16.8 Å². The second kappa shape index (κ2) is 7.58. The minimum atomic E-state index is 0.139. The molecule has 5 rings (SSSR count). The maximum atomic E-state index is 12.6. The van der Waals surface area contributed by atoms with Gasteiger partial charge >= 0.3 is 0 Å². The first kappa shape index (κ1) is 17.7. The van der Waals surface area contributed by atoms with Crippen LogP contribution >= 0.6 is 0 Å². The highest BCUT2D eigenvalue weighted by Gasteiger charge is 2.25. The molecule has 1 fully saturated rings. The van der Waals surface area contributed by atoms with Crippen molar-refractivity contribution in [1.82, 2.24) is 20.0 Å². The van der Waals surface area contributed by atoms with Gasteiger partial charge in [0.2, 0.25) is 17.6 Å². The van der Waals surface area contributed by atoms with Crippen molar-refractivity contribution in [3.8, 4) is 11.6 Å². The Hall–Kier alpha value is -3.35. The Balaban J connectivity index is 1.15. The summed E-state index contributed by atoms with van der Waals surface area (Å²) in [6.07, 6.45) is 6.47. The molecule has 4 aromatic rings. The van der Waals surface area contributed by atoms with Crippen LogP contribution in [0.3, 0.4) is 0 Å². The first-order valence-corrected chi connectivity index (χ1v) is 9.98. The number of carbonyl (C=O) groups excluding carboxylic acids is 1. The number of benzene rings is 1. The second-order valence-electron chi connectivity index (χ2n) is 7.43. The van der Waals surface area contributed by atoms with Crippen LogP contribution in [0, 0.1) is 0 Å². The lowest BCUT2D eigenvalue weighted by molar-refractivity contribution is -0.132. The van der Waals surface area contributed by atoms with Crippen LogP contribution in [0.4, 0.5) is 0 Å². The van der Waals surface area contributed by atoms with E-state index >= 15 is 0 Å². The number of furan rings is 1. The number of piperidine rings is 1. The number of carbonyl (C=O) groups is 1. The molecule has 1 aliphatic heterocycles. The quantitative estimate of drug-likeness (QED) is 0.553. The monoisotopic (exact) mass is 390 g/mol. The molecule has 1 aliphatic rings. The summed E-state index contributed by atoms with van der Waals surface area (Å²) in [5, 5.41) is 5.20. The van der Waals surface area contributed by atoms with Gasteiger partial charge in [-0.2, -0.15) is 4.98 Å². The van der Waals surface area contributed by atoms with Crippen LogP contribution in [0.15, 0.2) is 57.8 Å². The summed E-state index contributed by atoms with van der Waals surface area (Å²) in [4.78, 5) is 22.2. The number of H-pyrrole nitrogens is 1. The van der Waals surface area contributed by atoms with Crippen molar-refractivity contribution in [2.75, 3.05) is 13.1 Å². The van der Waals surface area contributed by atoms with Gasteiger partial charge in [0.05, 0.1) is 6.26 Å². The van der Waals surface area contributed by atoms with E-state index < -0.39 is 0 Å². The molecule has 0 unspecified atom stereocenters. The number of rotatable bonds is 5. The molecule has 29 heavy (non-hydrogen) atoms. The smallest absolute Gasteiger partial charge is 0.238 e. The maximum absolute atomic E-state index is 12.6. The number of aryl methyl sites for hydroxylation is 1. The minimum absolute atomic E-state index is 0.139. The van der Waals surface area contributed by atoms with Gasteiger partial charge in [-0.05, 0) is 42.5 Å². The number of aromatic amines is 1. The largest absolute Gasteiger partial charge is 0.461 e. The topological polar surface area (TPSA) is 88.2 Å². The van der Waals surface area contributed by atoms with Crippen molar-refractivity contribution in [2.24, 2.45) is 0 Å². The van der Waals surface area contributed by atoms with Gasteiger partial charge in [0.15, 0.2) is 5.76 Å². The number of amides is 1. The molecule has 1 amide bonds. The number of para-hydroxylation sites is 1. The zero-order valence-corrected chi connectivity index (χ0v) is 16.0. The maximum Gasteiger partial charge on any atom is 0.238 e. The normalized spacial score (nSPS) is 15.2. The lowest BCUT2D eigenvalue weighted by Crippen LogP contribution is -2.38. The molecule has 148 valence electrons. The summed E-state index contributed by atoms with van der Waals surface area (Å²) in [7, 11) is 0. The summed E-state index contributed by atoms with van der Waals surface area (Å²) >= 11 is 0. The van der Waals surface area contributed by atoms with E-state index in [4.69, 9.17) is 8.94 Å². The fourth-order valence-corrected chi connectivity index (χ4v) is 4.11. The predicted octanol–water partition coefficient (Wildman–Crippen LogP) is 4.15. The van der Waals surface area contributed by atoms with Crippen molar-refractivity contribution in [2.45, 2.75) is 31.6 Å². The van der Waals surface area contributed by atoms with Crippen LogP contribution in [0.5, 0.6) is 0 Å². The van der Waals surface area contributed by atoms with Crippen LogP contribution in [0.2, 0.25) is 0 Å². The zero-order chi connectivity index (χ0) is 19.6. The fourth-order valence-electron chi connectivity index (χ4n) is 4.11. The van der Waals surface area contributed by atoms with Crippen molar-refractivity contribution in [3.05, 3.63) is 60.3 Å². The van der Waals surface area contributed by atoms with Crippen LogP contribution in [0.25, 0.3) is 22.5 Å². The number of hydrogen-bond donors (Lipinski definition) is 1. The third-order valence-electron chi connectivity index (χ3n) is 5.67. The third-order valence-corrected chi connectivity index (χ3v) is 5.67. The van der Waals surface area contributed by atoms with Crippen LogP contribution in [0.1, 0.15) is 36.6 Å². The summed E-state index contributed by atoms with van der Waals surface area (Å²) < 4.78 is 10.5. The van der Waals surface area contributed by atoms with Crippen molar-refractivity contribution in [1.29, 1.82) is 0 Å². The van der Waals surface area contributed by atoms with E-state index in [1.54, 1.807) is 18.4 Å². The molecule has 0 radical (unpaired) electrons. The van der Waals surface area contributed by atoms with Gasteiger partial charge in [0.1, 0.15) is 0 Å².